The van der Waals surface area contributed by atoms with Crippen LogP contribution < -0.4 is 0 Å². The maximum atomic E-state index is 13.9. The second-order valence-corrected chi connectivity index (χ2v) is 13.4. The van der Waals surface area contributed by atoms with Gasteiger partial charge in [-0.1, -0.05) is 11.6 Å². The predicted octanol–water partition coefficient (Wildman–Crippen LogP) is 6.10. The fourth-order valence-electron chi connectivity index (χ4n) is 7.20. The third-order valence-corrected chi connectivity index (χ3v) is 9.45. The van der Waals surface area contributed by atoms with Crippen molar-refractivity contribution >= 4 is 40.2 Å². The molecule has 2 saturated carbocycles. The SMILES string of the molecule is Cc1c(-c2cc3ccc(Cl)nc3n2CC2CC2)nn2cc(C(=O)N3CC4CCC3[C@@H]4N(C(=O)O)C(C)(C)C)ccc12. The topological polar surface area (TPSA) is 96.0 Å². The highest BCUT2D eigenvalue weighted by Gasteiger charge is 2.54. The lowest BCUT2D eigenvalue weighted by Gasteiger charge is -2.40. The van der Waals surface area contributed by atoms with Crippen molar-refractivity contribution in [1.29, 1.82) is 0 Å². The summed E-state index contributed by atoms with van der Waals surface area (Å²) in [7, 11) is 0. The third kappa shape index (κ3) is 4.28. The number of amides is 2. The van der Waals surface area contributed by atoms with Gasteiger partial charge in [-0.15, -0.1) is 0 Å². The van der Waals surface area contributed by atoms with Crippen molar-refractivity contribution in [3.8, 4) is 11.4 Å². The number of carbonyl (C=O) groups excluding carboxylic acids is 1. The van der Waals surface area contributed by atoms with Crippen LogP contribution in [0.2, 0.25) is 5.15 Å². The van der Waals surface area contributed by atoms with Crippen molar-refractivity contribution in [2.45, 2.75) is 77.5 Å². The van der Waals surface area contributed by atoms with E-state index in [-0.39, 0.29) is 23.9 Å². The first kappa shape index (κ1) is 26.3. The number of rotatable bonds is 5. The smallest absolute Gasteiger partial charge is 0.408 e. The summed E-state index contributed by atoms with van der Waals surface area (Å²) in [5.41, 5.74) is 4.74. The molecule has 7 rings (SSSR count). The molecule has 2 bridgehead atoms. The Labute approximate surface area is 243 Å². The lowest BCUT2D eigenvalue weighted by molar-refractivity contribution is 0.0503. The highest BCUT2D eigenvalue weighted by molar-refractivity contribution is 6.29. The molecule has 5 heterocycles. The van der Waals surface area contributed by atoms with E-state index in [1.807, 2.05) is 60.6 Å². The van der Waals surface area contributed by atoms with E-state index in [0.717, 1.165) is 52.9 Å². The monoisotopic (exact) mass is 574 g/mol. The van der Waals surface area contributed by atoms with Crippen LogP contribution in [-0.2, 0) is 6.54 Å². The van der Waals surface area contributed by atoms with Gasteiger partial charge in [0, 0.05) is 35.8 Å². The fraction of sp³-hybridized carbons (Fsp3) is 0.484. The third-order valence-electron chi connectivity index (χ3n) is 9.24. The van der Waals surface area contributed by atoms with Gasteiger partial charge < -0.3 is 14.6 Å². The summed E-state index contributed by atoms with van der Waals surface area (Å²) >= 11 is 6.27. The first-order valence-electron chi connectivity index (χ1n) is 14.5. The lowest BCUT2D eigenvalue weighted by atomic mass is 9.98. The molecule has 1 aliphatic heterocycles. The summed E-state index contributed by atoms with van der Waals surface area (Å²) in [4.78, 5) is 34.2. The molecule has 0 spiro atoms. The number of aryl methyl sites for hydroxylation is 1. The van der Waals surface area contributed by atoms with E-state index in [2.05, 4.69) is 22.5 Å². The zero-order valence-corrected chi connectivity index (χ0v) is 24.6. The van der Waals surface area contributed by atoms with Crippen molar-refractivity contribution in [2.75, 3.05) is 6.54 Å². The van der Waals surface area contributed by atoms with Gasteiger partial charge in [-0.2, -0.15) is 5.10 Å². The van der Waals surface area contributed by atoms with Gasteiger partial charge in [-0.05, 0) is 95.5 Å². The number of piperidine rings is 1. The van der Waals surface area contributed by atoms with Crippen LogP contribution in [0.25, 0.3) is 27.9 Å². The van der Waals surface area contributed by atoms with E-state index in [1.165, 1.54) is 12.8 Å². The molecule has 2 unspecified atom stereocenters. The number of carboxylic acid groups (broad SMARTS) is 1. The highest BCUT2D eigenvalue weighted by atomic mass is 35.5. The standard InChI is InChI=1S/C31H35ClN6O3/c1-17-22-10-8-21(29(39)36-15-20-7-11-23(36)27(20)38(30(40)41)31(2,3)4)16-37(22)34-26(17)24-13-19-9-12-25(32)33-28(19)35(24)14-18-5-6-18/h8-10,12-13,16,18,20,23,27H,5-7,11,14-15H2,1-4H3,(H,40,41)/t20?,23?,27-/m1/s1. The zero-order chi connectivity index (χ0) is 28.8. The van der Waals surface area contributed by atoms with Gasteiger partial charge >= 0.3 is 6.09 Å². The molecule has 1 N–H and O–H groups in total. The Hall–Kier alpha value is -3.59. The molecule has 3 aliphatic rings. The Morgan fingerprint density at radius 3 is 2.61 bits per heavy atom. The summed E-state index contributed by atoms with van der Waals surface area (Å²) in [6.07, 6.45) is 5.08. The Balaban J connectivity index is 1.23. The number of pyridine rings is 2. The molecule has 41 heavy (non-hydrogen) atoms. The molecule has 2 amide bonds. The molecule has 3 atom stereocenters. The van der Waals surface area contributed by atoms with E-state index in [1.54, 1.807) is 4.90 Å². The minimum Gasteiger partial charge on any atom is -0.465 e. The van der Waals surface area contributed by atoms with E-state index < -0.39 is 11.6 Å². The van der Waals surface area contributed by atoms with Gasteiger partial charge in [0.1, 0.15) is 16.5 Å². The van der Waals surface area contributed by atoms with Gasteiger partial charge in [0.2, 0.25) is 0 Å². The number of hydrogen-bond acceptors (Lipinski definition) is 4. The van der Waals surface area contributed by atoms with Crippen molar-refractivity contribution in [3.05, 3.63) is 52.8 Å². The van der Waals surface area contributed by atoms with Crippen LogP contribution in [0.15, 0.2) is 36.5 Å². The second-order valence-electron chi connectivity index (χ2n) is 13.0. The van der Waals surface area contributed by atoms with Gasteiger partial charge in [-0.3, -0.25) is 9.69 Å². The van der Waals surface area contributed by atoms with Crippen LogP contribution in [0, 0.1) is 18.8 Å². The Morgan fingerprint density at radius 2 is 1.90 bits per heavy atom. The molecule has 0 aromatic carbocycles. The van der Waals surface area contributed by atoms with Crippen molar-refractivity contribution in [2.24, 2.45) is 11.8 Å². The molecular formula is C31H35ClN6O3. The number of likely N-dealkylation sites (tertiary alicyclic amines) is 1. The molecular weight excluding hydrogens is 540 g/mol. The fourth-order valence-corrected chi connectivity index (χ4v) is 7.34. The van der Waals surface area contributed by atoms with E-state index in [9.17, 15) is 14.7 Å². The lowest BCUT2D eigenvalue weighted by Crippen LogP contribution is -2.55. The maximum absolute atomic E-state index is 13.9. The number of halogens is 1. The van der Waals surface area contributed by atoms with Crippen molar-refractivity contribution in [3.63, 3.8) is 0 Å². The predicted molar refractivity (Wildman–Crippen MR) is 157 cm³/mol. The zero-order valence-electron chi connectivity index (χ0n) is 23.8. The van der Waals surface area contributed by atoms with Crippen LogP contribution in [0.1, 0.15) is 62.4 Å². The van der Waals surface area contributed by atoms with Gasteiger partial charge in [-0.25, -0.2) is 14.3 Å². The largest absolute Gasteiger partial charge is 0.465 e. The number of carbonyl (C=O) groups is 2. The Bertz CT molecular complexity index is 1710. The average molecular weight is 575 g/mol. The Morgan fingerprint density at radius 1 is 1.12 bits per heavy atom. The summed E-state index contributed by atoms with van der Waals surface area (Å²) in [6.45, 7) is 9.29. The van der Waals surface area contributed by atoms with Crippen LogP contribution >= 0.6 is 11.6 Å². The number of fused-ring (bicyclic) bond motifs is 4. The normalized spacial score (nSPS) is 22.3. The second kappa shape index (κ2) is 9.21. The number of aromatic nitrogens is 4. The summed E-state index contributed by atoms with van der Waals surface area (Å²) in [5, 5.41) is 16.5. The molecule has 0 radical (unpaired) electrons. The first-order chi connectivity index (χ1) is 19.5. The maximum Gasteiger partial charge on any atom is 0.408 e. The van der Waals surface area contributed by atoms with Crippen molar-refractivity contribution < 1.29 is 14.7 Å². The van der Waals surface area contributed by atoms with E-state index >= 15 is 0 Å². The minimum atomic E-state index is -0.925. The molecule has 214 valence electrons. The van der Waals surface area contributed by atoms with Crippen LogP contribution in [0.3, 0.4) is 0 Å². The quantitative estimate of drug-likeness (QED) is 0.290. The average Bonchev–Trinajstić information content (AvgIpc) is 3.26. The Kier molecular flexibility index (Phi) is 5.91. The highest BCUT2D eigenvalue weighted by Crippen LogP contribution is 2.44. The molecule has 3 fully saturated rings. The molecule has 2 aliphatic carbocycles. The molecule has 9 nitrogen and oxygen atoms in total. The summed E-state index contributed by atoms with van der Waals surface area (Å²) < 4.78 is 4.05. The van der Waals surface area contributed by atoms with Crippen LogP contribution in [-0.4, -0.2) is 70.2 Å². The van der Waals surface area contributed by atoms with Crippen LogP contribution in [0.4, 0.5) is 4.79 Å². The summed E-state index contributed by atoms with van der Waals surface area (Å²) in [5.74, 6) is 0.721. The number of nitrogens with zero attached hydrogens (tertiary/aromatic N) is 6. The van der Waals surface area contributed by atoms with Gasteiger partial charge in [0.15, 0.2) is 0 Å². The minimum absolute atomic E-state index is 0.0697. The van der Waals surface area contributed by atoms with Crippen LogP contribution in [0.5, 0.6) is 0 Å². The number of hydrogen-bond donors (Lipinski definition) is 1. The van der Waals surface area contributed by atoms with E-state index in [4.69, 9.17) is 16.7 Å². The van der Waals surface area contributed by atoms with Crippen molar-refractivity contribution in [1.82, 2.24) is 29.0 Å². The molecule has 4 aromatic heterocycles. The molecule has 1 saturated heterocycles. The first-order valence-corrected chi connectivity index (χ1v) is 14.9. The molecule has 4 aromatic rings. The van der Waals surface area contributed by atoms with Gasteiger partial charge in [0.05, 0.1) is 28.9 Å². The van der Waals surface area contributed by atoms with E-state index in [0.29, 0.717) is 23.2 Å². The summed E-state index contributed by atoms with van der Waals surface area (Å²) in [6, 6.07) is 9.48. The van der Waals surface area contributed by atoms with Gasteiger partial charge in [0.25, 0.3) is 5.91 Å². The molecule has 10 heteroatoms.